The van der Waals surface area contributed by atoms with Gasteiger partial charge in [-0.1, -0.05) is 83.2 Å². The van der Waals surface area contributed by atoms with Crippen LogP contribution in [0.25, 0.3) is 0 Å². The second-order valence-corrected chi connectivity index (χ2v) is 10.5. The second-order valence-electron chi connectivity index (χ2n) is 10.5. The van der Waals surface area contributed by atoms with Crippen molar-refractivity contribution in [2.45, 2.75) is 83.5 Å². The van der Waals surface area contributed by atoms with Crippen LogP contribution >= 0.6 is 0 Å². The van der Waals surface area contributed by atoms with Gasteiger partial charge in [-0.3, -0.25) is 0 Å². The lowest BCUT2D eigenvalue weighted by Gasteiger charge is -2.31. The summed E-state index contributed by atoms with van der Waals surface area (Å²) in [5.74, 6) is 0. The summed E-state index contributed by atoms with van der Waals surface area (Å²) in [4.78, 5) is 0. The van der Waals surface area contributed by atoms with E-state index in [1.807, 2.05) is 0 Å². The molecule has 27 heavy (non-hydrogen) atoms. The van der Waals surface area contributed by atoms with Crippen LogP contribution in [0.2, 0.25) is 0 Å². The fraction of sp³-hybridized carbons (Fsp3) is 0.481. The number of rotatable bonds is 3. The van der Waals surface area contributed by atoms with Gasteiger partial charge >= 0.3 is 0 Å². The highest BCUT2D eigenvalue weighted by atomic mass is 14.6. The molecule has 142 valence electrons. The average Bonchev–Trinajstić information content (AvgIpc) is 2.94. The largest absolute Gasteiger partial charge is 0.0998 e. The van der Waals surface area contributed by atoms with Crippen LogP contribution < -0.4 is 0 Å². The van der Waals surface area contributed by atoms with Crippen LogP contribution in [0.1, 0.15) is 87.8 Å². The monoisotopic (exact) mass is 358 g/mol. The van der Waals surface area contributed by atoms with E-state index in [0.29, 0.717) is 0 Å². The van der Waals surface area contributed by atoms with E-state index in [0.717, 1.165) is 12.8 Å². The number of hydrogen-bond donors (Lipinski definition) is 0. The van der Waals surface area contributed by atoms with Crippen molar-refractivity contribution in [3.05, 3.63) is 81.9 Å². The molecule has 0 fully saturated rings. The van der Waals surface area contributed by atoms with Gasteiger partial charge in [0.1, 0.15) is 0 Å². The number of benzene rings is 2. The first kappa shape index (κ1) is 18.5. The quantitative estimate of drug-likeness (QED) is 0.517. The first-order valence-corrected chi connectivity index (χ1v) is 10.5. The molecule has 1 atom stereocenters. The first-order valence-electron chi connectivity index (χ1n) is 10.5. The van der Waals surface area contributed by atoms with Gasteiger partial charge in [0.2, 0.25) is 0 Å². The Balaban J connectivity index is 1.98. The summed E-state index contributed by atoms with van der Waals surface area (Å²) < 4.78 is 0. The predicted octanol–water partition coefficient (Wildman–Crippen LogP) is 7.02. The molecule has 2 aliphatic rings. The molecular formula is C27H34. The van der Waals surface area contributed by atoms with Crippen molar-refractivity contribution in [2.75, 3.05) is 0 Å². The lowest BCUT2D eigenvalue weighted by molar-refractivity contribution is 0.349. The number of aryl methyl sites for hydroxylation is 1. The molecule has 0 heteroatoms. The molecule has 2 aromatic rings. The summed E-state index contributed by atoms with van der Waals surface area (Å²) in [5.41, 5.74) is 11.0. The highest BCUT2D eigenvalue weighted by Gasteiger charge is 2.56. The van der Waals surface area contributed by atoms with Gasteiger partial charge in [-0.05, 0) is 76.8 Å². The minimum atomic E-state index is 0.161. The van der Waals surface area contributed by atoms with Crippen LogP contribution in [0, 0.1) is 0 Å². The predicted molar refractivity (Wildman–Crippen MR) is 117 cm³/mol. The second kappa shape index (κ2) is 5.84. The molecule has 0 aliphatic heterocycles. The Hall–Kier alpha value is -1.82. The van der Waals surface area contributed by atoms with E-state index in [1.165, 1.54) is 29.5 Å². The smallest absolute Gasteiger partial charge is 0.0225 e. The molecule has 0 amide bonds. The molecule has 0 saturated carbocycles. The third-order valence-corrected chi connectivity index (χ3v) is 7.06. The van der Waals surface area contributed by atoms with E-state index in [2.05, 4.69) is 84.5 Å². The Labute approximate surface area is 165 Å². The van der Waals surface area contributed by atoms with Crippen molar-refractivity contribution >= 4 is 0 Å². The highest BCUT2D eigenvalue weighted by molar-refractivity contribution is 5.60. The minimum absolute atomic E-state index is 0.161. The minimum Gasteiger partial charge on any atom is -0.0998 e. The van der Waals surface area contributed by atoms with Gasteiger partial charge in [0.05, 0.1) is 0 Å². The standard InChI is InChI=1S/C27H34/c1-8-19-9-11-21-23(14-19)27(16-25(21,4)5)17-26(6,7)22-12-10-20(13-18(2)3)15-24(22)27/h9-12,14-15H,2,8,13,16-17H2,1,3-7H3. The fourth-order valence-electron chi connectivity index (χ4n) is 6.12. The first-order chi connectivity index (χ1) is 12.6. The normalized spacial score (nSPS) is 24.1. The van der Waals surface area contributed by atoms with E-state index in [4.69, 9.17) is 0 Å². The summed E-state index contributed by atoms with van der Waals surface area (Å²) in [6, 6.07) is 14.6. The molecule has 0 bridgehead atoms. The maximum absolute atomic E-state index is 4.14. The van der Waals surface area contributed by atoms with Crippen molar-refractivity contribution in [1.82, 2.24) is 0 Å². The maximum atomic E-state index is 4.14. The van der Waals surface area contributed by atoms with E-state index in [-0.39, 0.29) is 16.2 Å². The van der Waals surface area contributed by atoms with Gasteiger partial charge in [-0.2, -0.15) is 0 Å². The lowest BCUT2D eigenvalue weighted by atomic mass is 9.72. The summed E-state index contributed by atoms with van der Waals surface area (Å²) in [6.07, 6.45) is 4.52. The Morgan fingerprint density at radius 3 is 1.78 bits per heavy atom. The molecule has 4 rings (SSSR count). The van der Waals surface area contributed by atoms with E-state index < -0.39 is 0 Å². The van der Waals surface area contributed by atoms with E-state index >= 15 is 0 Å². The van der Waals surface area contributed by atoms with Gasteiger partial charge in [0.15, 0.2) is 0 Å². The third-order valence-electron chi connectivity index (χ3n) is 7.06. The summed E-state index contributed by atoms with van der Waals surface area (Å²) in [7, 11) is 0. The Kier molecular flexibility index (Phi) is 4.01. The number of hydrogen-bond acceptors (Lipinski definition) is 0. The van der Waals surface area contributed by atoms with Gasteiger partial charge in [0.25, 0.3) is 0 Å². The van der Waals surface area contributed by atoms with Crippen LogP contribution in [0.5, 0.6) is 0 Å². The molecule has 0 nitrogen and oxygen atoms in total. The average molecular weight is 359 g/mol. The number of fused-ring (bicyclic) bond motifs is 4. The van der Waals surface area contributed by atoms with Crippen LogP contribution in [-0.4, -0.2) is 0 Å². The van der Waals surface area contributed by atoms with Crippen LogP contribution in [0.4, 0.5) is 0 Å². The van der Waals surface area contributed by atoms with E-state index in [1.54, 1.807) is 22.3 Å². The zero-order valence-corrected chi connectivity index (χ0v) is 18.0. The summed E-state index contributed by atoms with van der Waals surface area (Å²) in [5, 5.41) is 0. The van der Waals surface area contributed by atoms with Crippen LogP contribution in [0.15, 0.2) is 48.6 Å². The Morgan fingerprint density at radius 1 is 0.815 bits per heavy atom. The Morgan fingerprint density at radius 2 is 1.30 bits per heavy atom. The molecular weight excluding hydrogens is 324 g/mol. The van der Waals surface area contributed by atoms with Crippen molar-refractivity contribution < 1.29 is 0 Å². The molecule has 0 saturated heterocycles. The molecule has 0 aromatic heterocycles. The molecule has 0 heterocycles. The number of allylic oxidation sites excluding steroid dienone is 1. The molecule has 2 aromatic carbocycles. The van der Waals surface area contributed by atoms with Crippen molar-refractivity contribution in [3.8, 4) is 0 Å². The summed E-state index contributed by atoms with van der Waals surface area (Å²) in [6.45, 7) is 18.3. The SMILES string of the molecule is C=C(C)Cc1ccc2c(c1)C1(CC(C)(C)c3ccc(CC)cc31)CC2(C)C. The van der Waals surface area contributed by atoms with E-state index in [9.17, 15) is 0 Å². The van der Waals surface area contributed by atoms with Gasteiger partial charge < -0.3 is 0 Å². The molecule has 0 N–H and O–H groups in total. The van der Waals surface area contributed by atoms with Gasteiger partial charge in [0, 0.05) is 5.41 Å². The van der Waals surface area contributed by atoms with Gasteiger partial charge in [-0.15, -0.1) is 0 Å². The Bertz CT molecular complexity index is 921. The molecule has 1 unspecified atom stereocenters. The van der Waals surface area contributed by atoms with Crippen LogP contribution in [-0.2, 0) is 29.1 Å². The third kappa shape index (κ3) is 2.72. The lowest BCUT2D eigenvalue weighted by Crippen LogP contribution is -2.27. The van der Waals surface area contributed by atoms with Crippen molar-refractivity contribution in [1.29, 1.82) is 0 Å². The highest BCUT2D eigenvalue weighted by Crippen LogP contribution is 2.62. The van der Waals surface area contributed by atoms with Crippen LogP contribution in [0.3, 0.4) is 0 Å². The summed E-state index contributed by atoms with van der Waals surface area (Å²) >= 11 is 0. The molecule has 2 aliphatic carbocycles. The zero-order valence-electron chi connectivity index (χ0n) is 18.0. The molecule has 0 radical (unpaired) electrons. The maximum Gasteiger partial charge on any atom is 0.0225 e. The van der Waals surface area contributed by atoms with Crippen molar-refractivity contribution in [3.63, 3.8) is 0 Å². The van der Waals surface area contributed by atoms with Crippen molar-refractivity contribution in [2.24, 2.45) is 0 Å². The molecule has 1 spiro atoms. The topological polar surface area (TPSA) is 0 Å². The zero-order chi connectivity index (χ0) is 19.6. The fourth-order valence-corrected chi connectivity index (χ4v) is 6.12. The van der Waals surface area contributed by atoms with Gasteiger partial charge in [-0.25, -0.2) is 0 Å².